The second-order valence-electron chi connectivity index (χ2n) is 3.53. The first-order valence-electron chi connectivity index (χ1n) is 4.43. The highest BCUT2D eigenvalue weighted by Gasteiger charge is 2.17. The van der Waals surface area contributed by atoms with E-state index in [1.165, 1.54) is 5.56 Å². The normalized spacial score (nSPS) is 15.3. The van der Waals surface area contributed by atoms with Gasteiger partial charge in [0.15, 0.2) is 0 Å². The van der Waals surface area contributed by atoms with E-state index in [0.717, 1.165) is 18.2 Å². The number of halogens is 2. The quantitative estimate of drug-likeness (QED) is 0.733. The molecule has 0 aliphatic rings. The number of benzene rings is 1. The van der Waals surface area contributed by atoms with Gasteiger partial charge in [0.1, 0.15) is 0 Å². The van der Waals surface area contributed by atoms with Crippen molar-refractivity contribution >= 4 is 31.9 Å². The number of rotatable bonds is 4. The first kappa shape index (κ1) is 11.3. The van der Waals surface area contributed by atoms with Crippen molar-refractivity contribution in [3.05, 3.63) is 35.9 Å². The summed E-state index contributed by atoms with van der Waals surface area (Å²) in [6.45, 7) is 2.21. The summed E-state index contributed by atoms with van der Waals surface area (Å²) in [4.78, 5) is 0. The van der Waals surface area contributed by atoms with E-state index in [-0.39, 0.29) is 4.32 Å². The van der Waals surface area contributed by atoms with Gasteiger partial charge in [-0.25, -0.2) is 0 Å². The van der Waals surface area contributed by atoms with Crippen LogP contribution in [0.3, 0.4) is 0 Å². The van der Waals surface area contributed by atoms with Crippen molar-refractivity contribution < 1.29 is 0 Å². The van der Waals surface area contributed by atoms with E-state index in [1.54, 1.807) is 0 Å². The zero-order valence-corrected chi connectivity index (χ0v) is 10.9. The summed E-state index contributed by atoms with van der Waals surface area (Å²) in [7, 11) is 0. The summed E-state index contributed by atoms with van der Waals surface area (Å²) in [5, 5.41) is 0.993. The Hall–Kier alpha value is 0.180. The maximum Gasteiger partial charge on any atom is 0.0329 e. The van der Waals surface area contributed by atoms with Crippen LogP contribution in [0.4, 0.5) is 0 Å². The van der Waals surface area contributed by atoms with Crippen molar-refractivity contribution in [2.24, 2.45) is 0 Å². The lowest BCUT2D eigenvalue weighted by Gasteiger charge is -2.18. The molecule has 1 aromatic rings. The molecule has 0 aliphatic carbocycles. The van der Waals surface area contributed by atoms with E-state index in [9.17, 15) is 0 Å². The lowest BCUT2D eigenvalue weighted by Crippen LogP contribution is -2.18. The molecule has 1 atom stereocenters. The van der Waals surface area contributed by atoms with Gasteiger partial charge in [0.05, 0.1) is 0 Å². The van der Waals surface area contributed by atoms with Gasteiger partial charge in [-0.3, -0.25) is 0 Å². The third-order valence-electron chi connectivity index (χ3n) is 2.06. The van der Waals surface area contributed by atoms with Crippen LogP contribution >= 0.6 is 31.9 Å². The molecular formula is C11H14Br2. The molecule has 1 unspecified atom stereocenters. The van der Waals surface area contributed by atoms with Crippen LogP contribution < -0.4 is 0 Å². The fourth-order valence-electron chi connectivity index (χ4n) is 1.12. The van der Waals surface area contributed by atoms with Crippen LogP contribution in [0.1, 0.15) is 18.9 Å². The minimum Gasteiger partial charge on any atom is -0.0913 e. The van der Waals surface area contributed by atoms with E-state index in [2.05, 4.69) is 69.1 Å². The fraction of sp³-hybridized carbons (Fsp3) is 0.455. The lowest BCUT2D eigenvalue weighted by atomic mass is 10.0. The van der Waals surface area contributed by atoms with Gasteiger partial charge in [-0.15, -0.1) is 0 Å². The van der Waals surface area contributed by atoms with E-state index >= 15 is 0 Å². The monoisotopic (exact) mass is 304 g/mol. The van der Waals surface area contributed by atoms with Crippen LogP contribution in [0.2, 0.25) is 0 Å². The largest absolute Gasteiger partial charge is 0.0913 e. The molecular weight excluding hydrogens is 292 g/mol. The molecule has 0 aromatic heterocycles. The van der Waals surface area contributed by atoms with Crippen molar-refractivity contribution in [3.63, 3.8) is 0 Å². The molecule has 0 spiro atoms. The Kier molecular flexibility index (Phi) is 4.47. The molecule has 0 aliphatic heterocycles. The van der Waals surface area contributed by atoms with Crippen LogP contribution in [0, 0.1) is 0 Å². The highest BCUT2D eigenvalue weighted by atomic mass is 79.9. The second kappa shape index (κ2) is 5.16. The molecule has 72 valence electrons. The summed E-state index contributed by atoms with van der Waals surface area (Å²) < 4.78 is 0.225. The molecule has 2 heteroatoms. The van der Waals surface area contributed by atoms with E-state index in [4.69, 9.17) is 0 Å². The van der Waals surface area contributed by atoms with E-state index < -0.39 is 0 Å². The predicted octanol–water partition coefficient (Wildman–Crippen LogP) is 4.17. The summed E-state index contributed by atoms with van der Waals surface area (Å²) in [5.74, 6) is 0. The van der Waals surface area contributed by atoms with Crippen molar-refractivity contribution in [3.8, 4) is 0 Å². The van der Waals surface area contributed by atoms with Gasteiger partial charge in [0, 0.05) is 9.65 Å². The minimum atomic E-state index is 0.225. The van der Waals surface area contributed by atoms with Crippen molar-refractivity contribution in [2.75, 3.05) is 5.33 Å². The Labute approximate surface area is 97.0 Å². The van der Waals surface area contributed by atoms with Crippen molar-refractivity contribution in [1.82, 2.24) is 0 Å². The molecule has 0 N–H and O–H groups in total. The maximum absolute atomic E-state index is 3.69. The van der Waals surface area contributed by atoms with E-state index in [1.807, 2.05) is 0 Å². The second-order valence-corrected chi connectivity index (χ2v) is 6.01. The first-order chi connectivity index (χ1) is 6.14. The van der Waals surface area contributed by atoms with Crippen LogP contribution in [-0.2, 0) is 6.42 Å². The molecule has 0 heterocycles. The highest BCUT2D eigenvalue weighted by molar-refractivity contribution is 9.12. The van der Waals surface area contributed by atoms with Crippen LogP contribution in [0.25, 0.3) is 0 Å². The number of alkyl halides is 2. The third-order valence-corrected chi connectivity index (χ3v) is 4.72. The molecule has 0 saturated heterocycles. The third kappa shape index (κ3) is 4.28. The summed E-state index contributed by atoms with van der Waals surface area (Å²) in [6.07, 6.45) is 2.29. The van der Waals surface area contributed by atoms with Crippen molar-refractivity contribution in [1.29, 1.82) is 0 Å². The fourth-order valence-corrected chi connectivity index (χ4v) is 1.60. The standard InChI is InChI=1S/C11H14Br2/c1-11(13,9-12)8-7-10-5-3-2-4-6-10/h2-6H,7-9H2,1H3. The Morgan fingerprint density at radius 3 is 2.38 bits per heavy atom. The maximum atomic E-state index is 3.69. The van der Waals surface area contributed by atoms with Gasteiger partial charge in [0.25, 0.3) is 0 Å². The zero-order chi connectivity index (χ0) is 9.73. The molecule has 0 bridgehead atoms. The van der Waals surface area contributed by atoms with E-state index in [0.29, 0.717) is 0 Å². The van der Waals surface area contributed by atoms with Gasteiger partial charge < -0.3 is 0 Å². The van der Waals surface area contributed by atoms with Gasteiger partial charge in [0.2, 0.25) is 0 Å². The summed E-state index contributed by atoms with van der Waals surface area (Å²) >= 11 is 7.19. The van der Waals surface area contributed by atoms with Gasteiger partial charge in [-0.05, 0) is 25.3 Å². The smallest absolute Gasteiger partial charge is 0.0329 e. The predicted molar refractivity (Wildman–Crippen MR) is 65.9 cm³/mol. The summed E-state index contributed by atoms with van der Waals surface area (Å²) in [6, 6.07) is 10.6. The van der Waals surface area contributed by atoms with Crippen molar-refractivity contribution in [2.45, 2.75) is 24.1 Å². The zero-order valence-electron chi connectivity index (χ0n) is 7.76. The molecule has 13 heavy (non-hydrogen) atoms. The topological polar surface area (TPSA) is 0 Å². The Morgan fingerprint density at radius 1 is 1.23 bits per heavy atom. The number of hydrogen-bond donors (Lipinski definition) is 0. The number of hydrogen-bond acceptors (Lipinski definition) is 0. The molecule has 0 amide bonds. The average molecular weight is 306 g/mol. The Morgan fingerprint density at radius 2 is 1.85 bits per heavy atom. The minimum absolute atomic E-state index is 0.225. The first-order valence-corrected chi connectivity index (χ1v) is 6.34. The van der Waals surface area contributed by atoms with Gasteiger partial charge in [-0.2, -0.15) is 0 Å². The molecule has 1 aromatic carbocycles. The molecule has 0 radical (unpaired) electrons. The molecule has 0 saturated carbocycles. The summed E-state index contributed by atoms with van der Waals surface area (Å²) in [5.41, 5.74) is 1.41. The SMILES string of the molecule is CC(Br)(CBr)CCc1ccccc1. The van der Waals surface area contributed by atoms with Gasteiger partial charge >= 0.3 is 0 Å². The van der Waals surface area contributed by atoms with Crippen LogP contribution in [0.5, 0.6) is 0 Å². The van der Waals surface area contributed by atoms with Crippen LogP contribution in [0.15, 0.2) is 30.3 Å². The van der Waals surface area contributed by atoms with Crippen LogP contribution in [-0.4, -0.2) is 9.65 Å². The Bertz CT molecular complexity index is 242. The molecule has 0 nitrogen and oxygen atoms in total. The van der Waals surface area contributed by atoms with Gasteiger partial charge in [-0.1, -0.05) is 62.2 Å². The highest BCUT2D eigenvalue weighted by Crippen LogP contribution is 2.25. The molecule has 0 fully saturated rings. The lowest BCUT2D eigenvalue weighted by molar-refractivity contribution is 0.665. The Balaban J connectivity index is 2.44. The average Bonchev–Trinajstić information content (AvgIpc) is 2.17. The number of aryl methyl sites for hydroxylation is 1. The molecule has 1 rings (SSSR count).